The maximum Gasteiger partial charge on any atom is 0.433 e. The Balaban J connectivity index is 2.14. The second-order valence-corrected chi connectivity index (χ2v) is 3.01. The molecule has 0 spiro atoms. The Morgan fingerprint density at radius 3 is 2.76 bits per heavy atom. The van der Waals surface area contributed by atoms with Crippen LogP contribution in [0, 0.1) is 10.1 Å². The van der Waals surface area contributed by atoms with Crippen LogP contribution in [0.5, 0.6) is 0 Å². The van der Waals surface area contributed by atoms with E-state index in [0.717, 1.165) is 0 Å². The Hall–Kier alpha value is -2.77. The summed E-state index contributed by atoms with van der Waals surface area (Å²) in [6.07, 6.45) is 4.51. The van der Waals surface area contributed by atoms with E-state index >= 15 is 0 Å². The van der Waals surface area contributed by atoms with Gasteiger partial charge in [0.15, 0.2) is 0 Å². The molecule has 8 heteroatoms. The molecule has 8 nitrogen and oxygen atoms in total. The molecule has 17 heavy (non-hydrogen) atoms. The van der Waals surface area contributed by atoms with E-state index in [9.17, 15) is 10.1 Å². The largest absolute Gasteiger partial charge is 0.433 e. The van der Waals surface area contributed by atoms with E-state index in [1.54, 1.807) is 6.08 Å². The monoisotopic (exact) mass is 233 g/mol. The van der Waals surface area contributed by atoms with Crippen LogP contribution in [-0.2, 0) is 0 Å². The van der Waals surface area contributed by atoms with Crippen molar-refractivity contribution >= 4 is 24.0 Å². The Morgan fingerprint density at radius 1 is 1.35 bits per heavy atom. The minimum Gasteiger partial charge on any atom is -0.401 e. The summed E-state index contributed by atoms with van der Waals surface area (Å²) in [7, 11) is 0. The second-order valence-electron chi connectivity index (χ2n) is 3.01. The minimum atomic E-state index is -0.609. The highest BCUT2D eigenvalue weighted by Crippen LogP contribution is 2.17. The molecule has 0 saturated heterocycles. The SMILES string of the molecule is Nc1ncc(/C=C/c2ccc([N+](=O)[O-])o2)nn1. The van der Waals surface area contributed by atoms with Crippen LogP contribution in [0.25, 0.3) is 12.2 Å². The Labute approximate surface area is 94.9 Å². The normalized spacial score (nSPS) is 10.8. The summed E-state index contributed by atoms with van der Waals surface area (Å²) in [6.45, 7) is 0. The molecule has 0 aromatic carbocycles. The zero-order valence-corrected chi connectivity index (χ0v) is 8.48. The third kappa shape index (κ3) is 2.62. The fourth-order valence-corrected chi connectivity index (χ4v) is 1.07. The van der Waals surface area contributed by atoms with Gasteiger partial charge in [0, 0.05) is 0 Å². The summed E-state index contributed by atoms with van der Waals surface area (Å²) in [5.41, 5.74) is 5.74. The molecular formula is C9H7N5O3. The van der Waals surface area contributed by atoms with Crippen LogP contribution in [0.3, 0.4) is 0 Å². The molecule has 2 aromatic heterocycles. The molecule has 0 radical (unpaired) electrons. The molecule has 2 aromatic rings. The molecule has 0 aliphatic heterocycles. The van der Waals surface area contributed by atoms with Crippen molar-refractivity contribution in [3.63, 3.8) is 0 Å². The lowest BCUT2D eigenvalue weighted by molar-refractivity contribution is -0.402. The molecule has 0 aliphatic rings. The lowest BCUT2D eigenvalue weighted by atomic mass is 10.3. The molecule has 2 heterocycles. The number of hydrogen-bond acceptors (Lipinski definition) is 7. The first-order chi connectivity index (χ1) is 8.15. The Kier molecular flexibility index (Phi) is 2.77. The smallest absolute Gasteiger partial charge is 0.401 e. The first-order valence-electron chi connectivity index (χ1n) is 4.52. The van der Waals surface area contributed by atoms with Gasteiger partial charge in [0.25, 0.3) is 0 Å². The van der Waals surface area contributed by atoms with Gasteiger partial charge in [-0.3, -0.25) is 10.1 Å². The third-order valence-electron chi connectivity index (χ3n) is 1.81. The summed E-state index contributed by atoms with van der Waals surface area (Å²) >= 11 is 0. The maximum atomic E-state index is 10.4. The number of nitrogens with two attached hydrogens (primary N) is 1. The summed E-state index contributed by atoms with van der Waals surface area (Å²) < 4.78 is 4.91. The number of anilines is 1. The van der Waals surface area contributed by atoms with Crippen molar-refractivity contribution in [2.45, 2.75) is 0 Å². The minimum absolute atomic E-state index is 0.0794. The first kappa shape index (κ1) is 10.7. The molecule has 0 aliphatic carbocycles. The predicted molar refractivity (Wildman–Crippen MR) is 58.5 cm³/mol. The molecule has 86 valence electrons. The number of furan rings is 1. The van der Waals surface area contributed by atoms with Gasteiger partial charge in [-0.05, 0) is 18.2 Å². The molecule has 0 amide bonds. The van der Waals surface area contributed by atoms with Crippen molar-refractivity contribution in [2.75, 3.05) is 5.73 Å². The Morgan fingerprint density at radius 2 is 2.18 bits per heavy atom. The summed E-state index contributed by atoms with van der Waals surface area (Å²) in [5, 5.41) is 17.7. The van der Waals surface area contributed by atoms with Crippen LogP contribution in [0.1, 0.15) is 11.5 Å². The van der Waals surface area contributed by atoms with Gasteiger partial charge in [0.1, 0.15) is 16.4 Å². The fourth-order valence-electron chi connectivity index (χ4n) is 1.07. The zero-order valence-electron chi connectivity index (χ0n) is 8.48. The molecule has 0 atom stereocenters. The van der Waals surface area contributed by atoms with Gasteiger partial charge >= 0.3 is 5.88 Å². The Bertz CT molecular complexity index is 560. The van der Waals surface area contributed by atoms with Crippen molar-refractivity contribution in [3.8, 4) is 0 Å². The molecule has 2 rings (SSSR count). The summed E-state index contributed by atoms with van der Waals surface area (Å²) in [4.78, 5) is 13.5. The van der Waals surface area contributed by atoms with Gasteiger partial charge in [-0.1, -0.05) is 0 Å². The summed E-state index contributed by atoms with van der Waals surface area (Å²) in [5.74, 6) is 0.109. The summed E-state index contributed by atoms with van der Waals surface area (Å²) in [6, 6.07) is 2.75. The number of hydrogen-bond donors (Lipinski definition) is 1. The predicted octanol–water partition coefficient (Wildman–Crippen LogP) is 1.13. The first-order valence-corrected chi connectivity index (χ1v) is 4.52. The highest BCUT2D eigenvalue weighted by molar-refractivity contribution is 5.65. The van der Waals surface area contributed by atoms with Gasteiger partial charge in [0.2, 0.25) is 5.95 Å². The van der Waals surface area contributed by atoms with Gasteiger partial charge in [-0.2, -0.15) is 0 Å². The van der Waals surface area contributed by atoms with E-state index in [0.29, 0.717) is 11.5 Å². The van der Waals surface area contributed by atoms with Crippen LogP contribution in [0.4, 0.5) is 11.8 Å². The third-order valence-corrected chi connectivity index (χ3v) is 1.81. The van der Waals surface area contributed by atoms with E-state index in [2.05, 4.69) is 15.2 Å². The van der Waals surface area contributed by atoms with Crippen LogP contribution in [0.15, 0.2) is 22.7 Å². The number of nitro groups is 1. The highest BCUT2D eigenvalue weighted by atomic mass is 16.6. The molecular weight excluding hydrogens is 226 g/mol. The average molecular weight is 233 g/mol. The number of nitrogens with zero attached hydrogens (tertiary/aromatic N) is 4. The van der Waals surface area contributed by atoms with Gasteiger partial charge in [0.05, 0.1) is 12.3 Å². The van der Waals surface area contributed by atoms with Gasteiger partial charge in [-0.15, -0.1) is 10.2 Å². The van der Waals surface area contributed by atoms with Crippen LogP contribution in [0.2, 0.25) is 0 Å². The molecule has 2 N–H and O–H groups in total. The average Bonchev–Trinajstić information content (AvgIpc) is 2.77. The van der Waals surface area contributed by atoms with E-state index in [1.165, 1.54) is 24.4 Å². The quantitative estimate of drug-likeness (QED) is 0.622. The van der Waals surface area contributed by atoms with Crippen LogP contribution >= 0.6 is 0 Å². The maximum absolute atomic E-state index is 10.4. The highest BCUT2D eigenvalue weighted by Gasteiger charge is 2.09. The van der Waals surface area contributed by atoms with Crippen molar-refractivity contribution in [1.82, 2.24) is 15.2 Å². The van der Waals surface area contributed by atoms with E-state index in [-0.39, 0.29) is 11.8 Å². The number of aromatic nitrogens is 3. The molecule has 0 fully saturated rings. The van der Waals surface area contributed by atoms with Crippen molar-refractivity contribution in [3.05, 3.63) is 39.9 Å². The van der Waals surface area contributed by atoms with Crippen LogP contribution in [-0.4, -0.2) is 20.1 Å². The van der Waals surface area contributed by atoms with E-state index in [4.69, 9.17) is 10.2 Å². The van der Waals surface area contributed by atoms with E-state index < -0.39 is 4.92 Å². The lowest BCUT2D eigenvalue weighted by Crippen LogP contribution is -1.97. The van der Waals surface area contributed by atoms with Crippen molar-refractivity contribution < 1.29 is 9.34 Å². The fraction of sp³-hybridized carbons (Fsp3) is 0. The van der Waals surface area contributed by atoms with Gasteiger partial charge in [-0.25, -0.2) is 4.98 Å². The standard InChI is InChI=1S/C9H7N5O3/c10-9-11-5-6(12-13-9)1-2-7-3-4-8(17-7)14(15)16/h1-5H,(H2,10,11,13)/b2-1+. The molecule has 0 unspecified atom stereocenters. The second kappa shape index (κ2) is 4.39. The van der Waals surface area contributed by atoms with Crippen LogP contribution < -0.4 is 5.73 Å². The topological polar surface area (TPSA) is 121 Å². The van der Waals surface area contributed by atoms with Crippen molar-refractivity contribution in [1.29, 1.82) is 0 Å². The van der Waals surface area contributed by atoms with Crippen molar-refractivity contribution in [2.24, 2.45) is 0 Å². The van der Waals surface area contributed by atoms with Gasteiger partial charge < -0.3 is 10.2 Å². The van der Waals surface area contributed by atoms with E-state index in [1.807, 2.05) is 0 Å². The molecule has 0 saturated carbocycles. The number of rotatable bonds is 3. The molecule has 0 bridgehead atoms. The number of nitrogen functional groups attached to an aromatic ring is 1. The lowest BCUT2D eigenvalue weighted by Gasteiger charge is -1.90. The zero-order chi connectivity index (χ0) is 12.3.